The van der Waals surface area contributed by atoms with E-state index in [4.69, 9.17) is 14.2 Å². The molecule has 0 atom stereocenters. The SMILES string of the molecule is COc1cccc(/C=C2\N=C(c3ccc(Br)cc3)OC2=O)c1OCc1ccc(Br)cc1. The number of hydrogen-bond donors (Lipinski definition) is 0. The highest BCUT2D eigenvalue weighted by molar-refractivity contribution is 9.10. The van der Waals surface area contributed by atoms with E-state index in [2.05, 4.69) is 36.9 Å². The van der Waals surface area contributed by atoms with E-state index in [-0.39, 0.29) is 11.6 Å². The average molecular weight is 543 g/mol. The number of methoxy groups -OCH3 is 1. The van der Waals surface area contributed by atoms with Crippen LogP contribution in [0.3, 0.4) is 0 Å². The van der Waals surface area contributed by atoms with Crippen LogP contribution in [0.4, 0.5) is 0 Å². The molecular weight excluding hydrogens is 526 g/mol. The first-order valence-electron chi connectivity index (χ1n) is 9.36. The minimum Gasteiger partial charge on any atom is -0.493 e. The Labute approximate surface area is 196 Å². The highest BCUT2D eigenvalue weighted by Gasteiger charge is 2.25. The molecule has 5 nitrogen and oxygen atoms in total. The van der Waals surface area contributed by atoms with E-state index in [1.807, 2.05) is 66.7 Å². The Balaban J connectivity index is 1.64. The molecule has 0 unspecified atom stereocenters. The molecule has 3 aromatic carbocycles. The number of carbonyl (C=O) groups is 1. The van der Waals surface area contributed by atoms with Gasteiger partial charge in [0.2, 0.25) is 5.90 Å². The Morgan fingerprint density at radius 2 is 1.65 bits per heavy atom. The quantitative estimate of drug-likeness (QED) is 0.277. The first-order chi connectivity index (χ1) is 15.0. The van der Waals surface area contributed by atoms with Gasteiger partial charge in [0.15, 0.2) is 17.2 Å². The van der Waals surface area contributed by atoms with Crippen LogP contribution in [0.5, 0.6) is 11.5 Å². The lowest BCUT2D eigenvalue weighted by Gasteiger charge is -2.13. The van der Waals surface area contributed by atoms with Crippen molar-refractivity contribution in [1.82, 2.24) is 0 Å². The third-order valence-electron chi connectivity index (χ3n) is 4.53. The van der Waals surface area contributed by atoms with E-state index in [1.54, 1.807) is 13.2 Å². The zero-order valence-electron chi connectivity index (χ0n) is 16.5. The fraction of sp³-hybridized carbons (Fsp3) is 0.0833. The van der Waals surface area contributed by atoms with Crippen LogP contribution in [0, 0.1) is 0 Å². The molecular formula is C24H17Br2NO4. The van der Waals surface area contributed by atoms with Gasteiger partial charge in [-0.1, -0.05) is 56.1 Å². The Morgan fingerprint density at radius 1 is 0.968 bits per heavy atom. The van der Waals surface area contributed by atoms with Crippen LogP contribution in [0.1, 0.15) is 16.7 Å². The van der Waals surface area contributed by atoms with E-state index < -0.39 is 5.97 Å². The molecule has 1 aliphatic heterocycles. The number of aliphatic imine (C=N–C) groups is 1. The normalized spacial score (nSPS) is 14.4. The molecule has 0 aliphatic carbocycles. The summed E-state index contributed by atoms with van der Waals surface area (Å²) >= 11 is 6.82. The van der Waals surface area contributed by atoms with Crippen LogP contribution in [0.15, 0.2) is 86.4 Å². The van der Waals surface area contributed by atoms with Crippen LogP contribution in [-0.4, -0.2) is 19.0 Å². The molecule has 0 amide bonds. The third kappa shape index (κ3) is 5.06. The fourth-order valence-electron chi connectivity index (χ4n) is 2.97. The number of esters is 1. The van der Waals surface area contributed by atoms with Crippen molar-refractivity contribution < 1.29 is 19.0 Å². The van der Waals surface area contributed by atoms with Crippen LogP contribution < -0.4 is 9.47 Å². The highest BCUT2D eigenvalue weighted by atomic mass is 79.9. The van der Waals surface area contributed by atoms with Crippen molar-refractivity contribution in [1.29, 1.82) is 0 Å². The standard InChI is InChI=1S/C24H17Br2NO4/c1-29-21-4-2-3-17(22(21)30-14-15-5-9-18(25)10-6-15)13-20-24(28)31-23(27-20)16-7-11-19(26)12-8-16/h2-13H,14H2,1H3/b20-13-. The molecule has 0 saturated carbocycles. The van der Waals surface area contributed by atoms with Crippen LogP contribution in [0.25, 0.3) is 6.08 Å². The number of rotatable bonds is 6. The van der Waals surface area contributed by atoms with Crippen LogP contribution in [-0.2, 0) is 16.1 Å². The van der Waals surface area contributed by atoms with Gasteiger partial charge in [0.05, 0.1) is 7.11 Å². The van der Waals surface area contributed by atoms with Crippen molar-refractivity contribution >= 4 is 49.8 Å². The Morgan fingerprint density at radius 3 is 2.32 bits per heavy atom. The number of hydrogen-bond acceptors (Lipinski definition) is 5. The van der Waals surface area contributed by atoms with Crippen molar-refractivity contribution in [3.8, 4) is 11.5 Å². The fourth-order valence-corrected chi connectivity index (χ4v) is 3.50. The van der Waals surface area contributed by atoms with Crippen LogP contribution >= 0.6 is 31.9 Å². The molecule has 31 heavy (non-hydrogen) atoms. The lowest BCUT2D eigenvalue weighted by molar-refractivity contribution is -0.129. The molecule has 0 N–H and O–H groups in total. The first-order valence-corrected chi connectivity index (χ1v) is 10.9. The van der Waals surface area contributed by atoms with Gasteiger partial charge in [0, 0.05) is 20.1 Å². The van der Waals surface area contributed by atoms with Crippen molar-refractivity contribution in [2.24, 2.45) is 4.99 Å². The number of halogens is 2. The predicted octanol–water partition coefficient (Wildman–Crippen LogP) is 6.14. The van der Waals surface area contributed by atoms with Crippen molar-refractivity contribution in [3.63, 3.8) is 0 Å². The molecule has 3 aromatic rings. The third-order valence-corrected chi connectivity index (χ3v) is 5.59. The van der Waals surface area contributed by atoms with Gasteiger partial charge < -0.3 is 14.2 Å². The molecule has 0 saturated heterocycles. The largest absolute Gasteiger partial charge is 0.493 e. The summed E-state index contributed by atoms with van der Waals surface area (Å²) in [5, 5.41) is 0. The van der Waals surface area contributed by atoms with Crippen LogP contribution in [0.2, 0.25) is 0 Å². The van der Waals surface area contributed by atoms with Gasteiger partial charge in [0.25, 0.3) is 0 Å². The molecule has 156 valence electrons. The van der Waals surface area contributed by atoms with E-state index in [0.29, 0.717) is 23.7 Å². The van der Waals surface area contributed by atoms with Gasteiger partial charge >= 0.3 is 5.97 Å². The van der Waals surface area contributed by atoms with Gasteiger partial charge in [-0.3, -0.25) is 0 Å². The number of para-hydroxylation sites is 1. The van der Waals surface area contributed by atoms with Crippen molar-refractivity contribution in [2.75, 3.05) is 7.11 Å². The van der Waals surface area contributed by atoms with Crippen molar-refractivity contribution in [3.05, 3.63) is 98.1 Å². The van der Waals surface area contributed by atoms with Gasteiger partial charge in [-0.05, 0) is 54.1 Å². The smallest absolute Gasteiger partial charge is 0.363 e. The van der Waals surface area contributed by atoms with E-state index in [9.17, 15) is 4.79 Å². The second kappa shape index (κ2) is 9.49. The Bertz CT molecular complexity index is 1170. The topological polar surface area (TPSA) is 57.1 Å². The van der Waals surface area contributed by atoms with Crippen molar-refractivity contribution in [2.45, 2.75) is 6.61 Å². The monoisotopic (exact) mass is 541 g/mol. The maximum atomic E-state index is 12.4. The zero-order chi connectivity index (χ0) is 21.8. The molecule has 1 aliphatic rings. The second-order valence-corrected chi connectivity index (χ2v) is 8.47. The average Bonchev–Trinajstić information content (AvgIpc) is 3.14. The van der Waals surface area contributed by atoms with E-state index in [0.717, 1.165) is 20.1 Å². The predicted molar refractivity (Wildman–Crippen MR) is 126 cm³/mol. The summed E-state index contributed by atoms with van der Waals surface area (Å²) < 4.78 is 18.8. The number of carbonyl (C=O) groups excluding carboxylic acids is 1. The molecule has 0 spiro atoms. The maximum Gasteiger partial charge on any atom is 0.363 e. The second-order valence-electron chi connectivity index (χ2n) is 6.64. The highest BCUT2D eigenvalue weighted by Crippen LogP contribution is 2.34. The molecule has 0 fully saturated rings. The van der Waals surface area contributed by atoms with Gasteiger partial charge in [-0.2, -0.15) is 0 Å². The lowest BCUT2D eigenvalue weighted by Crippen LogP contribution is -2.05. The van der Waals surface area contributed by atoms with E-state index in [1.165, 1.54) is 0 Å². The van der Waals surface area contributed by atoms with Gasteiger partial charge in [-0.15, -0.1) is 0 Å². The summed E-state index contributed by atoms with van der Waals surface area (Å²) in [6.45, 7) is 0.349. The molecule has 0 radical (unpaired) electrons. The number of benzene rings is 3. The zero-order valence-corrected chi connectivity index (χ0v) is 19.6. The number of cyclic esters (lactones) is 1. The molecule has 1 heterocycles. The van der Waals surface area contributed by atoms with Gasteiger partial charge in [0.1, 0.15) is 6.61 Å². The Kier molecular flexibility index (Phi) is 6.53. The minimum atomic E-state index is -0.514. The van der Waals surface area contributed by atoms with Gasteiger partial charge in [-0.25, -0.2) is 9.79 Å². The summed E-state index contributed by atoms with van der Waals surface area (Å²) in [6, 6.07) is 20.7. The molecule has 0 aromatic heterocycles. The molecule has 0 bridgehead atoms. The first kappa shape index (κ1) is 21.3. The summed E-state index contributed by atoms with van der Waals surface area (Å²) in [7, 11) is 1.58. The maximum absolute atomic E-state index is 12.4. The molecule has 7 heteroatoms. The summed E-state index contributed by atoms with van der Waals surface area (Å²) in [6.07, 6.45) is 1.65. The summed E-state index contributed by atoms with van der Waals surface area (Å²) in [5.74, 6) is 0.846. The minimum absolute atomic E-state index is 0.194. The summed E-state index contributed by atoms with van der Waals surface area (Å²) in [5.41, 5.74) is 2.59. The molecule has 4 rings (SSSR count). The number of nitrogens with zero attached hydrogens (tertiary/aromatic N) is 1. The Hall–Kier alpha value is -2.90. The number of ether oxygens (including phenoxy) is 3. The van der Waals surface area contributed by atoms with E-state index >= 15 is 0 Å². The lowest BCUT2D eigenvalue weighted by atomic mass is 10.1. The summed E-state index contributed by atoms with van der Waals surface area (Å²) in [4.78, 5) is 16.8.